The topological polar surface area (TPSA) is 88.6 Å². The van der Waals surface area contributed by atoms with Gasteiger partial charge in [-0.15, -0.1) is 0 Å². The number of rotatable bonds is 3. The normalized spacial score (nSPS) is 24.8. The fraction of sp³-hybridized carbons (Fsp3) is 0.333. The van der Waals surface area contributed by atoms with E-state index in [2.05, 4.69) is 9.98 Å². The van der Waals surface area contributed by atoms with Crippen molar-refractivity contribution in [3.8, 4) is 0 Å². The van der Waals surface area contributed by atoms with Crippen LogP contribution in [0.4, 0.5) is 0 Å². The molecule has 0 saturated heterocycles. The van der Waals surface area contributed by atoms with Crippen LogP contribution in [-0.2, 0) is 0 Å². The van der Waals surface area contributed by atoms with E-state index in [9.17, 15) is 15.2 Å². The third-order valence-corrected chi connectivity index (χ3v) is 2.87. The number of hydrogen-bond donors (Lipinski definition) is 1. The first-order valence-corrected chi connectivity index (χ1v) is 5.27. The van der Waals surface area contributed by atoms with Crippen molar-refractivity contribution in [2.45, 2.75) is 6.23 Å². The van der Waals surface area contributed by atoms with Crippen molar-refractivity contribution in [3.05, 3.63) is 39.2 Å². The summed E-state index contributed by atoms with van der Waals surface area (Å²) in [4.78, 5) is 18.7. The Morgan fingerprint density at radius 2 is 2.35 bits per heavy atom. The molecule has 7 nitrogen and oxygen atoms in total. The van der Waals surface area contributed by atoms with Crippen molar-refractivity contribution in [3.63, 3.8) is 0 Å². The van der Waals surface area contributed by atoms with Gasteiger partial charge in [0.05, 0.1) is 12.1 Å². The molecule has 0 bridgehead atoms. The predicted molar refractivity (Wildman–Crippen MR) is 59.7 cm³/mol. The van der Waals surface area contributed by atoms with E-state index in [1.165, 1.54) is 18.3 Å². The molecule has 0 aromatic carbocycles. The van der Waals surface area contributed by atoms with Crippen molar-refractivity contribution >= 4 is 17.9 Å². The van der Waals surface area contributed by atoms with Crippen LogP contribution in [0.25, 0.3) is 0 Å². The zero-order valence-electron chi connectivity index (χ0n) is 8.73. The van der Waals surface area contributed by atoms with Crippen LogP contribution >= 0.6 is 11.6 Å². The molecule has 0 saturated carbocycles. The van der Waals surface area contributed by atoms with Crippen LogP contribution < -0.4 is 0 Å². The first kappa shape index (κ1) is 11.9. The summed E-state index contributed by atoms with van der Waals surface area (Å²) in [7, 11) is 0. The number of quaternary nitrogens is 1. The van der Waals surface area contributed by atoms with E-state index in [0.717, 1.165) is 6.34 Å². The molecule has 2 rings (SSSR count). The summed E-state index contributed by atoms with van der Waals surface area (Å²) < 4.78 is -0.816. The fourth-order valence-corrected chi connectivity index (χ4v) is 1.78. The van der Waals surface area contributed by atoms with Gasteiger partial charge in [0.1, 0.15) is 5.15 Å². The summed E-state index contributed by atoms with van der Waals surface area (Å²) in [6.45, 7) is 0.440. The summed E-state index contributed by atoms with van der Waals surface area (Å²) in [6.07, 6.45) is 1.14. The highest BCUT2D eigenvalue weighted by atomic mass is 35.5. The molecule has 0 fully saturated rings. The summed E-state index contributed by atoms with van der Waals surface area (Å²) in [5, 5.41) is 20.9. The van der Waals surface area contributed by atoms with Crippen molar-refractivity contribution in [1.82, 2.24) is 4.98 Å². The summed E-state index contributed by atoms with van der Waals surface area (Å²) >= 11 is 5.62. The highest BCUT2D eigenvalue weighted by Crippen LogP contribution is 2.27. The van der Waals surface area contributed by atoms with Crippen LogP contribution in [0, 0.1) is 10.1 Å². The second-order valence-corrected chi connectivity index (χ2v) is 4.04. The molecule has 2 heterocycles. The number of aliphatic hydroxyl groups is 1. The van der Waals surface area contributed by atoms with E-state index in [0.29, 0.717) is 12.1 Å². The van der Waals surface area contributed by atoms with Crippen LogP contribution in [0.15, 0.2) is 23.3 Å². The van der Waals surface area contributed by atoms with Gasteiger partial charge in [-0.1, -0.05) is 11.6 Å². The van der Waals surface area contributed by atoms with Gasteiger partial charge in [-0.05, 0) is 12.1 Å². The van der Waals surface area contributed by atoms with E-state index in [1.54, 1.807) is 0 Å². The van der Waals surface area contributed by atoms with Gasteiger partial charge < -0.3 is 5.11 Å². The molecule has 0 amide bonds. The second kappa shape index (κ2) is 4.36. The van der Waals surface area contributed by atoms with E-state index < -0.39 is 15.9 Å². The number of pyridine rings is 1. The average molecular weight is 258 g/mol. The number of nitrogens with zero attached hydrogens (tertiary/aromatic N) is 4. The lowest BCUT2D eigenvalue weighted by molar-refractivity contribution is -1.29. The maximum Gasteiger partial charge on any atom is 0.283 e. The Hall–Kier alpha value is -1.57. The number of nitro groups is 1. The Morgan fingerprint density at radius 3 is 2.82 bits per heavy atom. The monoisotopic (exact) mass is 257 g/mol. The SMILES string of the molecule is O=[N+]([O-])[N+]1(C(O)c2ccc(Cl)nc2)C=NCC1. The van der Waals surface area contributed by atoms with Crippen LogP contribution in [0.1, 0.15) is 11.8 Å². The van der Waals surface area contributed by atoms with Crippen molar-refractivity contribution in [2.24, 2.45) is 4.99 Å². The fourth-order valence-electron chi connectivity index (χ4n) is 1.67. The number of halogens is 1. The van der Waals surface area contributed by atoms with E-state index in [1.807, 2.05) is 0 Å². The molecular weight excluding hydrogens is 248 g/mol. The lowest BCUT2D eigenvalue weighted by atomic mass is 10.2. The Kier molecular flexibility index (Phi) is 3.05. The Labute approximate surface area is 102 Å². The Bertz CT molecular complexity index is 464. The first-order chi connectivity index (χ1) is 8.06. The average Bonchev–Trinajstić information content (AvgIpc) is 2.79. The zero-order valence-corrected chi connectivity index (χ0v) is 9.49. The van der Waals surface area contributed by atoms with Crippen LogP contribution in [-0.4, -0.2) is 39.1 Å². The highest BCUT2D eigenvalue weighted by molar-refractivity contribution is 6.29. The number of aliphatic hydroxyl groups excluding tert-OH is 1. The van der Waals surface area contributed by atoms with Crippen molar-refractivity contribution in [2.75, 3.05) is 13.1 Å². The van der Waals surface area contributed by atoms with Gasteiger partial charge in [0.15, 0.2) is 6.54 Å². The smallest absolute Gasteiger partial charge is 0.283 e. The molecule has 1 aromatic heterocycles. The molecular formula is C9H10ClN4O3+. The van der Waals surface area contributed by atoms with Gasteiger partial charge in [-0.2, -0.15) is 0 Å². The molecule has 90 valence electrons. The molecule has 2 unspecified atom stereocenters. The summed E-state index contributed by atoms with van der Waals surface area (Å²) in [5.41, 5.74) is 0.333. The molecule has 2 atom stereocenters. The predicted octanol–water partition coefficient (Wildman–Crippen LogP) is 0.776. The Morgan fingerprint density at radius 1 is 1.59 bits per heavy atom. The lowest BCUT2D eigenvalue weighted by Gasteiger charge is -2.22. The van der Waals surface area contributed by atoms with Crippen LogP contribution in [0.5, 0.6) is 0 Å². The largest absolute Gasteiger partial charge is 0.336 e. The molecule has 1 N–H and O–H groups in total. The standard InChI is InChI=1S/C9H10ClN4O3/c10-8-2-1-7(5-12-8)9(15)14(13(16)17)4-3-11-6-14/h1-2,5-6,9,15H,3-4H2/q+1. The van der Waals surface area contributed by atoms with Crippen molar-refractivity contribution in [1.29, 1.82) is 0 Å². The highest BCUT2D eigenvalue weighted by Gasteiger charge is 2.50. The summed E-state index contributed by atoms with van der Waals surface area (Å²) in [6, 6.07) is 2.99. The molecule has 1 aliphatic rings. The van der Waals surface area contributed by atoms with E-state index in [-0.39, 0.29) is 11.7 Å². The van der Waals surface area contributed by atoms with E-state index in [4.69, 9.17) is 11.6 Å². The van der Waals surface area contributed by atoms with Crippen molar-refractivity contribution < 1.29 is 14.7 Å². The maximum atomic E-state index is 11.1. The molecule has 0 radical (unpaired) electrons. The number of aromatic nitrogens is 1. The molecule has 1 aromatic rings. The quantitative estimate of drug-likeness (QED) is 0.375. The second-order valence-electron chi connectivity index (χ2n) is 3.66. The third kappa shape index (κ3) is 1.99. The Balaban J connectivity index is 2.35. The number of aliphatic imine (C=N–C) groups is 1. The molecule has 0 spiro atoms. The number of hydrogen-bond acceptors (Lipinski definition) is 5. The first-order valence-electron chi connectivity index (χ1n) is 4.89. The maximum absolute atomic E-state index is 11.1. The van der Waals surface area contributed by atoms with Crippen LogP contribution in [0.2, 0.25) is 5.15 Å². The minimum Gasteiger partial charge on any atom is -0.336 e. The van der Waals surface area contributed by atoms with Crippen LogP contribution in [0.3, 0.4) is 0 Å². The molecule has 17 heavy (non-hydrogen) atoms. The molecule has 1 aliphatic heterocycles. The minimum atomic E-state index is -1.33. The molecule has 8 heteroatoms. The van der Waals surface area contributed by atoms with Gasteiger partial charge in [0, 0.05) is 10.8 Å². The van der Waals surface area contributed by atoms with Gasteiger partial charge >= 0.3 is 0 Å². The van der Waals surface area contributed by atoms with Gasteiger partial charge in [-0.25, -0.2) is 20.1 Å². The van der Waals surface area contributed by atoms with E-state index >= 15 is 0 Å². The lowest BCUT2D eigenvalue weighted by Crippen LogP contribution is -2.52. The van der Waals surface area contributed by atoms with Gasteiger partial charge in [0.2, 0.25) is 5.03 Å². The zero-order chi connectivity index (χ0) is 12.5. The summed E-state index contributed by atoms with van der Waals surface area (Å²) in [5.74, 6) is 0. The van der Waals surface area contributed by atoms with Gasteiger partial charge in [-0.3, -0.25) is 0 Å². The third-order valence-electron chi connectivity index (χ3n) is 2.64. The van der Waals surface area contributed by atoms with Gasteiger partial charge in [0.25, 0.3) is 12.6 Å². The minimum absolute atomic E-state index is 0.122. The molecule has 0 aliphatic carbocycles.